The molecule has 1 aromatic heterocycles. The van der Waals surface area contributed by atoms with Crippen LogP contribution in [0.2, 0.25) is 0 Å². The largest absolute Gasteiger partial charge is 0.387 e. The number of rotatable bonds is 1. The van der Waals surface area contributed by atoms with Gasteiger partial charge >= 0.3 is 0 Å². The van der Waals surface area contributed by atoms with Crippen molar-refractivity contribution in [2.75, 3.05) is 12.4 Å². The molecule has 0 radical (unpaired) electrons. The maximum Gasteiger partial charge on any atom is 0.214 e. The number of para-hydroxylation sites is 1. The van der Waals surface area contributed by atoms with Crippen LogP contribution in [0.1, 0.15) is 0 Å². The van der Waals surface area contributed by atoms with Gasteiger partial charge in [0.2, 0.25) is 5.52 Å². The third-order valence-corrected chi connectivity index (χ3v) is 2.31. The first-order valence-corrected chi connectivity index (χ1v) is 4.38. The van der Waals surface area contributed by atoms with Gasteiger partial charge in [0, 0.05) is 19.2 Å². The van der Waals surface area contributed by atoms with Crippen LogP contribution >= 0.6 is 0 Å². The molecule has 1 heterocycles. The summed E-state index contributed by atoms with van der Waals surface area (Å²) in [6, 6.07) is 10.4. The van der Waals surface area contributed by atoms with Crippen LogP contribution in [0.5, 0.6) is 0 Å². The van der Waals surface area contributed by atoms with Crippen LogP contribution in [0.3, 0.4) is 0 Å². The molecule has 13 heavy (non-hydrogen) atoms. The van der Waals surface area contributed by atoms with Crippen LogP contribution in [0.4, 0.5) is 5.69 Å². The number of hydrogen-bond acceptors (Lipinski definition) is 1. The van der Waals surface area contributed by atoms with Gasteiger partial charge < -0.3 is 5.32 Å². The number of benzene rings is 1. The van der Waals surface area contributed by atoms with Crippen molar-refractivity contribution < 1.29 is 4.57 Å². The van der Waals surface area contributed by atoms with E-state index in [0.29, 0.717) is 0 Å². The van der Waals surface area contributed by atoms with Gasteiger partial charge in [-0.3, -0.25) is 0 Å². The van der Waals surface area contributed by atoms with E-state index in [0.717, 1.165) is 0 Å². The van der Waals surface area contributed by atoms with Crippen molar-refractivity contribution in [3.63, 3.8) is 0 Å². The summed E-state index contributed by atoms with van der Waals surface area (Å²) in [4.78, 5) is 0. The minimum atomic E-state index is 1.17. The van der Waals surface area contributed by atoms with E-state index in [1.54, 1.807) is 0 Å². The van der Waals surface area contributed by atoms with E-state index in [2.05, 4.69) is 53.5 Å². The number of aromatic nitrogens is 1. The van der Waals surface area contributed by atoms with Crippen molar-refractivity contribution >= 4 is 16.6 Å². The van der Waals surface area contributed by atoms with Gasteiger partial charge in [-0.1, -0.05) is 12.1 Å². The Morgan fingerprint density at radius 1 is 1.15 bits per heavy atom. The molecule has 0 aliphatic rings. The SMILES string of the molecule is CNc1cc[n+](C)c2ccccc12. The highest BCUT2D eigenvalue weighted by Crippen LogP contribution is 2.18. The first-order chi connectivity index (χ1) is 6.33. The van der Waals surface area contributed by atoms with E-state index in [-0.39, 0.29) is 0 Å². The summed E-state index contributed by atoms with van der Waals surface area (Å²) in [5, 5.41) is 4.44. The second kappa shape index (κ2) is 3.05. The summed E-state index contributed by atoms with van der Waals surface area (Å²) in [5.74, 6) is 0. The van der Waals surface area contributed by atoms with E-state index in [4.69, 9.17) is 0 Å². The average molecular weight is 173 g/mol. The van der Waals surface area contributed by atoms with Gasteiger partial charge in [0.25, 0.3) is 0 Å². The van der Waals surface area contributed by atoms with Crippen LogP contribution in [0, 0.1) is 0 Å². The molecular formula is C11H13N2+. The molecule has 0 aliphatic heterocycles. The average Bonchev–Trinajstić information content (AvgIpc) is 2.19. The fourth-order valence-electron chi connectivity index (χ4n) is 1.58. The van der Waals surface area contributed by atoms with E-state index in [1.165, 1.54) is 16.6 Å². The van der Waals surface area contributed by atoms with Gasteiger partial charge in [-0.25, -0.2) is 4.57 Å². The fourth-order valence-corrected chi connectivity index (χ4v) is 1.58. The van der Waals surface area contributed by atoms with Gasteiger partial charge in [-0.15, -0.1) is 0 Å². The molecule has 0 atom stereocenters. The molecule has 0 spiro atoms. The third kappa shape index (κ3) is 1.24. The molecule has 66 valence electrons. The number of pyridine rings is 1. The van der Waals surface area contributed by atoms with Gasteiger partial charge in [0.05, 0.1) is 11.1 Å². The molecule has 1 aromatic carbocycles. The maximum atomic E-state index is 3.18. The number of fused-ring (bicyclic) bond motifs is 1. The Hall–Kier alpha value is -1.57. The van der Waals surface area contributed by atoms with Crippen molar-refractivity contribution in [3.05, 3.63) is 36.5 Å². The number of nitrogens with one attached hydrogen (secondary N) is 1. The Morgan fingerprint density at radius 3 is 2.69 bits per heavy atom. The minimum Gasteiger partial charge on any atom is -0.387 e. The Bertz CT molecular complexity index is 435. The lowest BCUT2D eigenvalue weighted by atomic mass is 10.2. The third-order valence-electron chi connectivity index (χ3n) is 2.31. The van der Waals surface area contributed by atoms with Crippen LogP contribution in [0.15, 0.2) is 36.5 Å². The van der Waals surface area contributed by atoms with Gasteiger partial charge in [0.1, 0.15) is 7.05 Å². The highest BCUT2D eigenvalue weighted by Gasteiger charge is 2.06. The standard InChI is InChI=1S/C11H12N2/c1-12-10-7-8-13(2)11-6-4-3-5-9(10)11/h3-8H,1-2H3/p+1. The molecule has 2 heteroatoms. The molecule has 0 unspecified atom stereocenters. The fraction of sp³-hybridized carbons (Fsp3) is 0.182. The maximum absolute atomic E-state index is 3.18. The van der Waals surface area contributed by atoms with E-state index in [9.17, 15) is 0 Å². The van der Waals surface area contributed by atoms with Gasteiger partial charge in [0.15, 0.2) is 6.20 Å². The first kappa shape index (κ1) is 8.05. The van der Waals surface area contributed by atoms with Crippen LogP contribution in [-0.4, -0.2) is 7.05 Å². The number of aryl methyl sites for hydroxylation is 1. The predicted molar refractivity (Wildman–Crippen MR) is 54.7 cm³/mol. The summed E-state index contributed by atoms with van der Waals surface area (Å²) in [5.41, 5.74) is 2.42. The van der Waals surface area contributed by atoms with Crippen LogP contribution in [-0.2, 0) is 7.05 Å². The van der Waals surface area contributed by atoms with Crippen molar-refractivity contribution in [1.29, 1.82) is 0 Å². The Labute approximate surface area is 77.8 Å². The monoisotopic (exact) mass is 173 g/mol. The highest BCUT2D eigenvalue weighted by atomic mass is 14.9. The summed E-state index contributed by atoms with van der Waals surface area (Å²) in [7, 11) is 4.00. The molecule has 0 fully saturated rings. The molecule has 0 bridgehead atoms. The summed E-state index contributed by atoms with van der Waals surface area (Å²) >= 11 is 0. The van der Waals surface area contributed by atoms with E-state index in [1.807, 2.05) is 7.05 Å². The quantitative estimate of drug-likeness (QED) is 0.649. The molecule has 2 rings (SSSR count). The molecule has 0 saturated carbocycles. The Balaban J connectivity index is 2.84. The highest BCUT2D eigenvalue weighted by molar-refractivity contribution is 5.88. The Morgan fingerprint density at radius 2 is 1.92 bits per heavy atom. The molecular weight excluding hydrogens is 160 g/mol. The van der Waals surface area contributed by atoms with Crippen molar-refractivity contribution in [2.24, 2.45) is 7.05 Å². The molecule has 1 N–H and O–H groups in total. The smallest absolute Gasteiger partial charge is 0.214 e. The zero-order chi connectivity index (χ0) is 9.26. The number of nitrogens with zero attached hydrogens (tertiary/aromatic N) is 1. The van der Waals surface area contributed by atoms with E-state index < -0.39 is 0 Å². The number of anilines is 1. The summed E-state index contributed by atoms with van der Waals surface area (Å²) in [6.07, 6.45) is 2.06. The predicted octanol–water partition coefficient (Wildman–Crippen LogP) is 1.71. The lowest BCUT2D eigenvalue weighted by Crippen LogP contribution is -2.28. The van der Waals surface area contributed by atoms with Crippen molar-refractivity contribution in [2.45, 2.75) is 0 Å². The van der Waals surface area contributed by atoms with E-state index >= 15 is 0 Å². The topological polar surface area (TPSA) is 15.9 Å². The van der Waals surface area contributed by atoms with Crippen LogP contribution in [0.25, 0.3) is 10.9 Å². The lowest BCUT2D eigenvalue weighted by Gasteiger charge is -2.02. The second-order valence-electron chi connectivity index (χ2n) is 3.11. The first-order valence-electron chi connectivity index (χ1n) is 4.38. The molecule has 2 nitrogen and oxygen atoms in total. The van der Waals surface area contributed by atoms with Gasteiger partial charge in [-0.05, 0) is 6.07 Å². The van der Waals surface area contributed by atoms with Crippen molar-refractivity contribution in [3.8, 4) is 0 Å². The number of hydrogen-bond donors (Lipinski definition) is 1. The minimum absolute atomic E-state index is 1.17. The lowest BCUT2D eigenvalue weighted by molar-refractivity contribution is -0.644. The zero-order valence-corrected chi connectivity index (χ0v) is 7.91. The summed E-state index contributed by atoms with van der Waals surface area (Å²) in [6.45, 7) is 0. The second-order valence-corrected chi connectivity index (χ2v) is 3.11. The molecule has 0 amide bonds. The normalized spacial score (nSPS) is 10.3. The zero-order valence-electron chi connectivity index (χ0n) is 7.91. The Kier molecular flexibility index (Phi) is 1.89. The molecule has 0 aliphatic carbocycles. The van der Waals surface area contributed by atoms with Gasteiger partial charge in [-0.2, -0.15) is 0 Å². The molecule has 2 aromatic rings. The van der Waals surface area contributed by atoms with Crippen molar-refractivity contribution in [1.82, 2.24) is 0 Å². The summed E-state index contributed by atoms with van der Waals surface area (Å²) < 4.78 is 2.12. The van der Waals surface area contributed by atoms with Crippen LogP contribution < -0.4 is 9.88 Å². The molecule has 0 saturated heterocycles.